The maximum atomic E-state index is 12.4. The van der Waals surface area contributed by atoms with E-state index in [1.807, 2.05) is 0 Å². The fourth-order valence-corrected chi connectivity index (χ4v) is 5.09. The van der Waals surface area contributed by atoms with Crippen molar-refractivity contribution in [3.05, 3.63) is 0 Å². The standard InChI is InChI=1S/C12H18N2O3S2/c1-2-5-14(10-3-7-19(16,17)9-10)12(15)11-8-18-6-4-13-11/h1,10-11,13H,3-9H2. The van der Waals surface area contributed by atoms with Gasteiger partial charge in [0, 0.05) is 24.1 Å². The van der Waals surface area contributed by atoms with Crippen LogP contribution in [-0.2, 0) is 14.6 Å². The molecule has 0 aromatic carbocycles. The molecule has 2 unspecified atom stereocenters. The van der Waals surface area contributed by atoms with E-state index >= 15 is 0 Å². The van der Waals surface area contributed by atoms with Crippen LogP contribution in [0, 0.1) is 12.3 Å². The van der Waals surface area contributed by atoms with Gasteiger partial charge in [0.25, 0.3) is 0 Å². The number of nitrogens with one attached hydrogen (secondary N) is 1. The third kappa shape index (κ3) is 3.65. The Morgan fingerprint density at radius 1 is 1.53 bits per heavy atom. The Morgan fingerprint density at radius 3 is 2.84 bits per heavy atom. The maximum absolute atomic E-state index is 12.4. The molecule has 2 saturated heterocycles. The molecule has 5 nitrogen and oxygen atoms in total. The number of hydrogen-bond acceptors (Lipinski definition) is 5. The SMILES string of the molecule is C#CCN(C(=O)C1CSCCN1)C1CCS(=O)(=O)C1. The van der Waals surface area contributed by atoms with Gasteiger partial charge in [-0.25, -0.2) is 8.42 Å². The van der Waals surface area contributed by atoms with Crippen molar-refractivity contribution in [3.8, 4) is 12.3 Å². The lowest BCUT2D eigenvalue weighted by molar-refractivity contribution is -0.134. The molecule has 0 aromatic heterocycles. The van der Waals surface area contributed by atoms with Crippen LogP contribution in [0.1, 0.15) is 6.42 Å². The zero-order valence-electron chi connectivity index (χ0n) is 10.7. The van der Waals surface area contributed by atoms with E-state index in [9.17, 15) is 13.2 Å². The zero-order valence-corrected chi connectivity index (χ0v) is 12.3. The molecule has 106 valence electrons. The molecule has 0 bridgehead atoms. The number of carbonyl (C=O) groups excluding carboxylic acids is 1. The van der Waals surface area contributed by atoms with E-state index in [0.29, 0.717) is 6.42 Å². The van der Waals surface area contributed by atoms with E-state index in [2.05, 4.69) is 11.2 Å². The van der Waals surface area contributed by atoms with Gasteiger partial charge in [0.2, 0.25) is 5.91 Å². The number of carbonyl (C=O) groups is 1. The summed E-state index contributed by atoms with van der Waals surface area (Å²) in [6.45, 7) is 0.982. The van der Waals surface area contributed by atoms with Crippen LogP contribution in [0.3, 0.4) is 0 Å². The molecule has 2 fully saturated rings. The highest BCUT2D eigenvalue weighted by Gasteiger charge is 2.36. The predicted molar refractivity (Wildman–Crippen MR) is 76.7 cm³/mol. The van der Waals surface area contributed by atoms with E-state index in [4.69, 9.17) is 6.42 Å². The summed E-state index contributed by atoms with van der Waals surface area (Å²) < 4.78 is 23.1. The molecule has 2 aliphatic rings. The van der Waals surface area contributed by atoms with Gasteiger partial charge in [-0.3, -0.25) is 4.79 Å². The van der Waals surface area contributed by atoms with Crippen molar-refractivity contribution in [2.75, 3.05) is 36.1 Å². The number of thioether (sulfide) groups is 1. The number of terminal acetylenes is 1. The quantitative estimate of drug-likeness (QED) is 0.701. The molecule has 7 heteroatoms. The normalized spacial score (nSPS) is 29.6. The average molecular weight is 302 g/mol. The highest BCUT2D eigenvalue weighted by atomic mass is 32.2. The van der Waals surface area contributed by atoms with Crippen LogP contribution in [0.2, 0.25) is 0 Å². The van der Waals surface area contributed by atoms with Crippen LogP contribution in [0.25, 0.3) is 0 Å². The van der Waals surface area contributed by atoms with Crippen molar-refractivity contribution < 1.29 is 13.2 Å². The van der Waals surface area contributed by atoms with E-state index in [-0.39, 0.29) is 36.0 Å². The van der Waals surface area contributed by atoms with Gasteiger partial charge in [-0.05, 0) is 6.42 Å². The van der Waals surface area contributed by atoms with Crippen LogP contribution in [0.4, 0.5) is 0 Å². The minimum atomic E-state index is -3.01. The lowest BCUT2D eigenvalue weighted by atomic mass is 10.1. The fraction of sp³-hybridized carbons (Fsp3) is 0.750. The van der Waals surface area contributed by atoms with Gasteiger partial charge in [-0.2, -0.15) is 11.8 Å². The topological polar surface area (TPSA) is 66.5 Å². The highest BCUT2D eigenvalue weighted by Crippen LogP contribution is 2.20. The van der Waals surface area contributed by atoms with E-state index in [0.717, 1.165) is 18.1 Å². The van der Waals surface area contributed by atoms with Crippen molar-refractivity contribution in [2.24, 2.45) is 0 Å². The third-order valence-electron chi connectivity index (χ3n) is 3.41. The summed E-state index contributed by atoms with van der Waals surface area (Å²) >= 11 is 1.73. The second-order valence-electron chi connectivity index (χ2n) is 4.81. The largest absolute Gasteiger partial charge is 0.326 e. The lowest BCUT2D eigenvalue weighted by Crippen LogP contribution is -2.53. The number of nitrogens with zero attached hydrogens (tertiary/aromatic N) is 1. The van der Waals surface area contributed by atoms with Gasteiger partial charge in [-0.1, -0.05) is 5.92 Å². The van der Waals surface area contributed by atoms with Crippen molar-refractivity contribution in [2.45, 2.75) is 18.5 Å². The molecular weight excluding hydrogens is 284 g/mol. The summed E-state index contributed by atoms with van der Waals surface area (Å²) in [5.41, 5.74) is 0. The Morgan fingerprint density at radius 2 is 2.32 bits per heavy atom. The highest BCUT2D eigenvalue weighted by molar-refractivity contribution is 7.99. The Kier molecular flexibility index (Phi) is 4.76. The fourth-order valence-electron chi connectivity index (χ4n) is 2.43. The van der Waals surface area contributed by atoms with Crippen molar-refractivity contribution in [1.82, 2.24) is 10.2 Å². The van der Waals surface area contributed by atoms with Crippen LogP contribution >= 0.6 is 11.8 Å². The minimum Gasteiger partial charge on any atom is -0.326 e. The molecular formula is C12H18N2O3S2. The molecule has 2 heterocycles. The molecule has 0 aromatic rings. The number of hydrogen-bond donors (Lipinski definition) is 1. The van der Waals surface area contributed by atoms with Crippen molar-refractivity contribution in [3.63, 3.8) is 0 Å². The molecule has 2 aliphatic heterocycles. The molecule has 2 rings (SSSR count). The maximum Gasteiger partial charge on any atom is 0.241 e. The van der Waals surface area contributed by atoms with Crippen LogP contribution < -0.4 is 5.32 Å². The molecule has 0 aliphatic carbocycles. The summed E-state index contributed by atoms with van der Waals surface area (Å²) in [4.78, 5) is 14.0. The van der Waals surface area contributed by atoms with Crippen LogP contribution in [0.15, 0.2) is 0 Å². The van der Waals surface area contributed by atoms with E-state index < -0.39 is 9.84 Å². The third-order valence-corrected chi connectivity index (χ3v) is 6.23. The second-order valence-corrected chi connectivity index (χ2v) is 8.19. The molecule has 19 heavy (non-hydrogen) atoms. The van der Waals surface area contributed by atoms with Gasteiger partial charge in [0.05, 0.1) is 24.1 Å². The van der Waals surface area contributed by atoms with Gasteiger partial charge < -0.3 is 10.2 Å². The lowest BCUT2D eigenvalue weighted by Gasteiger charge is -2.32. The van der Waals surface area contributed by atoms with Gasteiger partial charge >= 0.3 is 0 Å². The van der Waals surface area contributed by atoms with E-state index in [1.54, 1.807) is 16.7 Å². The first-order valence-corrected chi connectivity index (χ1v) is 9.26. The molecule has 1 N–H and O–H groups in total. The average Bonchev–Trinajstić information content (AvgIpc) is 2.76. The number of rotatable bonds is 3. The van der Waals surface area contributed by atoms with Gasteiger partial charge in [-0.15, -0.1) is 6.42 Å². The summed E-state index contributed by atoms with van der Waals surface area (Å²) in [6, 6.07) is -0.502. The molecule has 0 radical (unpaired) electrons. The second kappa shape index (κ2) is 6.16. The number of amides is 1. The van der Waals surface area contributed by atoms with Crippen molar-refractivity contribution >= 4 is 27.5 Å². The van der Waals surface area contributed by atoms with E-state index in [1.165, 1.54) is 0 Å². The molecule has 2 atom stereocenters. The molecule has 1 amide bonds. The Hall–Kier alpha value is -0.710. The first kappa shape index (κ1) is 14.7. The van der Waals surface area contributed by atoms with Gasteiger partial charge in [0.15, 0.2) is 9.84 Å². The Labute approximate surface area is 118 Å². The summed E-state index contributed by atoms with van der Waals surface area (Å²) in [5, 5.41) is 3.17. The molecule has 0 saturated carbocycles. The summed E-state index contributed by atoms with van der Waals surface area (Å²) in [7, 11) is -3.01. The van der Waals surface area contributed by atoms with Crippen LogP contribution in [0.5, 0.6) is 0 Å². The minimum absolute atomic E-state index is 0.0419. The molecule has 0 spiro atoms. The zero-order chi connectivity index (χ0) is 13.9. The summed E-state index contributed by atoms with van der Waals surface area (Å²) in [5.74, 6) is 4.32. The predicted octanol–water partition coefficient (Wildman–Crippen LogP) is -0.660. The van der Waals surface area contributed by atoms with Crippen molar-refractivity contribution in [1.29, 1.82) is 0 Å². The van der Waals surface area contributed by atoms with Crippen LogP contribution in [-0.4, -0.2) is 67.4 Å². The smallest absolute Gasteiger partial charge is 0.241 e. The Balaban J connectivity index is 2.07. The summed E-state index contributed by atoms with van der Waals surface area (Å²) in [6.07, 6.45) is 5.81. The number of sulfone groups is 1. The first-order chi connectivity index (χ1) is 9.03. The van der Waals surface area contributed by atoms with Gasteiger partial charge in [0.1, 0.15) is 0 Å². The first-order valence-electron chi connectivity index (χ1n) is 6.29. The Bertz CT molecular complexity index is 478. The monoisotopic (exact) mass is 302 g/mol.